The zero-order valence-corrected chi connectivity index (χ0v) is 37.8. The van der Waals surface area contributed by atoms with Gasteiger partial charge in [-0.15, -0.1) is 0 Å². The summed E-state index contributed by atoms with van der Waals surface area (Å²) in [5.74, 6) is 0.270. The second-order valence-corrected chi connectivity index (χ2v) is 14.5. The largest absolute Gasteiger partial charge is 0.493 e. The second-order valence-electron chi connectivity index (χ2n) is 14.5. The maximum Gasteiger partial charge on any atom is 0.335 e. The molecule has 0 aliphatic heterocycles. The summed E-state index contributed by atoms with van der Waals surface area (Å²) in [5.41, 5.74) is -0.111. The molecule has 0 bridgehead atoms. The first-order chi connectivity index (χ1) is 29.7. The molecule has 0 spiro atoms. The standard InChI is InChI=1S/3C14H20O4.C5H12O3/c3*1-3-4-5-6-9-18-12-8-7-11(14(15)16)10-13(12)17-2;1-5(2-6,3-7)4-8/h3*7-8,10H,3-6,9H2,1-2H3,(H,15,16);6-8H,2-4H2,1H3. The zero-order chi connectivity index (χ0) is 46.8. The van der Waals surface area contributed by atoms with Crippen LogP contribution in [0.25, 0.3) is 0 Å². The fourth-order valence-corrected chi connectivity index (χ4v) is 5.04. The van der Waals surface area contributed by atoms with Gasteiger partial charge in [0.15, 0.2) is 34.5 Å². The predicted octanol–water partition coefficient (Wildman–Crippen LogP) is 9.03. The maximum atomic E-state index is 10.8. The highest BCUT2D eigenvalue weighted by Crippen LogP contribution is 2.30. The fourth-order valence-electron chi connectivity index (χ4n) is 5.04. The number of aromatic carboxylic acids is 3. The number of benzene rings is 3. The summed E-state index contributed by atoms with van der Waals surface area (Å²) in [6.07, 6.45) is 13.6. The van der Waals surface area contributed by atoms with Gasteiger partial charge in [-0.3, -0.25) is 0 Å². The maximum absolute atomic E-state index is 10.8. The molecule has 0 aliphatic rings. The number of aliphatic hydroxyl groups excluding tert-OH is 3. The van der Waals surface area contributed by atoms with E-state index in [0.717, 1.165) is 38.5 Å². The molecular formula is C47H72O15. The van der Waals surface area contributed by atoms with Gasteiger partial charge in [0, 0.05) is 5.41 Å². The van der Waals surface area contributed by atoms with Crippen LogP contribution in [0.1, 0.15) is 136 Å². The summed E-state index contributed by atoms with van der Waals surface area (Å²) in [6, 6.07) is 13.9. The molecule has 0 heterocycles. The number of carboxylic acid groups (broad SMARTS) is 3. The van der Waals surface area contributed by atoms with E-state index < -0.39 is 23.3 Å². The molecule has 3 aromatic carbocycles. The van der Waals surface area contributed by atoms with Crippen LogP contribution < -0.4 is 28.4 Å². The Balaban J connectivity index is 0.000000828. The van der Waals surface area contributed by atoms with E-state index in [2.05, 4.69) is 20.8 Å². The van der Waals surface area contributed by atoms with Gasteiger partial charge in [-0.25, -0.2) is 14.4 Å². The molecule has 0 radical (unpaired) electrons. The number of rotatable bonds is 27. The summed E-state index contributed by atoms with van der Waals surface area (Å²) < 4.78 is 32.2. The fraction of sp³-hybridized carbons (Fsp3) is 0.553. The Hall–Kier alpha value is -5.25. The van der Waals surface area contributed by atoms with Crippen LogP contribution >= 0.6 is 0 Å². The van der Waals surface area contributed by atoms with Crippen LogP contribution in [0.2, 0.25) is 0 Å². The minimum absolute atomic E-state index is 0.181. The molecule has 6 N–H and O–H groups in total. The first kappa shape index (κ1) is 56.8. The summed E-state index contributed by atoms with van der Waals surface area (Å²) in [7, 11) is 4.51. The molecular weight excluding hydrogens is 805 g/mol. The lowest BCUT2D eigenvalue weighted by atomic mass is 9.95. The molecule has 0 saturated carbocycles. The summed E-state index contributed by atoms with van der Waals surface area (Å²) in [5, 5.41) is 52.0. The minimum atomic E-state index is -0.970. The number of carbonyl (C=O) groups is 3. The molecule has 0 aromatic heterocycles. The quantitative estimate of drug-likeness (QED) is 0.0393. The van der Waals surface area contributed by atoms with Crippen molar-refractivity contribution in [2.75, 3.05) is 61.0 Å². The van der Waals surface area contributed by atoms with Crippen LogP contribution in [0.15, 0.2) is 54.6 Å². The van der Waals surface area contributed by atoms with Gasteiger partial charge in [0.25, 0.3) is 0 Å². The first-order valence-electron chi connectivity index (χ1n) is 21.2. The Kier molecular flexibility index (Phi) is 31.4. The molecule has 15 heteroatoms. The third kappa shape index (κ3) is 23.7. The Morgan fingerprint density at radius 3 is 0.871 bits per heavy atom. The van der Waals surface area contributed by atoms with Crippen molar-refractivity contribution in [1.29, 1.82) is 0 Å². The lowest BCUT2D eigenvalue weighted by molar-refractivity contribution is 0.0200. The number of aliphatic hydroxyl groups is 3. The van der Waals surface area contributed by atoms with Gasteiger partial charge >= 0.3 is 17.9 Å². The predicted molar refractivity (Wildman–Crippen MR) is 238 cm³/mol. The van der Waals surface area contributed by atoms with Crippen molar-refractivity contribution in [3.05, 3.63) is 71.3 Å². The highest BCUT2D eigenvalue weighted by atomic mass is 16.5. The van der Waals surface area contributed by atoms with Gasteiger partial charge in [0.05, 0.1) is 77.7 Å². The zero-order valence-electron chi connectivity index (χ0n) is 37.8. The summed E-state index contributed by atoms with van der Waals surface area (Å²) in [4.78, 5) is 32.4. The van der Waals surface area contributed by atoms with Gasteiger partial charge in [-0.05, 0) is 73.9 Å². The minimum Gasteiger partial charge on any atom is -0.493 e. The van der Waals surface area contributed by atoms with E-state index in [1.54, 1.807) is 25.1 Å². The van der Waals surface area contributed by atoms with Crippen LogP contribution in [0, 0.1) is 5.41 Å². The lowest BCUT2D eigenvalue weighted by Crippen LogP contribution is -2.29. The number of methoxy groups -OCH3 is 3. The molecule has 0 saturated heterocycles. The van der Waals surface area contributed by atoms with Crippen molar-refractivity contribution in [3.63, 3.8) is 0 Å². The number of hydrogen-bond donors (Lipinski definition) is 6. The normalized spacial score (nSPS) is 10.4. The van der Waals surface area contributed by atoms with Gasteiger partial charge in [0.1, 0.15) is 0 Å². The number of ether oxygens (including phenoxy) is 6. The third-order valence-electron chi connectivity index (χ3n) is 9.14. The topological polar surface area (TPSA) is 228 Å². The van der Waals surface area contributed by atoms with E-state index in [1.807, 2.05) is 0 Å². The van der Waals surface area contributed by atoms with Crippen molar-refractivity contribution < 1.29 is 73.4 Å². The Labute approximate surface area is 367 Å². The van der Waals surface area contributed by atoms with E-state index >= 15 is 0 Å². The molecule has 15 nitrogen and oxygen atoms in total. The molecule has 3 rings (SSSR count). The average molecular weight is 877 g/mol. The second kappa shape index (κ2) is 34.3. The van der Waals surface area contributed by atoms with Gasteiger partial charge in [-0.1, -0.05) is 85.5 Å². The number of unbranched alkanes of at least 4 members (excludes halogenated alkanes) is 9. The monoisotopic (exact) mass is 876 g/mol. The highest BCUT2D eigenvalue weighted by molar-refractivity contribution is 5.89. The van der Waals surface area contributed by atoms with E-state index in [0.29, 0.717) is 54.3 Å². The van der Waals surface area contributed by atoms with Crippen molar-refractivity contribution >= 4 is 17.9 Å². The van der Waals surface area contributed by atoms with E-state index in [9.17, 15) is 14.4 Å². The van der Waals surface area contributed by atoms with Gasteiger partial charge < -0.3 is 59.1 Å². The molecule has 0 atom stereocenters. The Bertz CT molecular complexity index is 1490. The lowest BCUT2D eigenvalue weighted by Gasteiger charge is -2.20. The van der Waals surface area contributed by atoms with Crippen molar-refractivity contribution in [1.82, 2.24) is 0 Å². The summed E-state index contributed by atoms with van der Waals surface area (Å²) >= 11 is 0. The van der Waals surface area contributed by atoms with E-state index in [4.69, 9.17) is 59.1 Å². The highest BCUT2D eigenvalue weighted by Gasteiger charge is 2.20. The molecule has 0 unspecified atom stereocenters. The van der Waals surface area contributed by atoms with Gasteiger partial charge in [0.2, 0.25) is 0 Å². The van der Waals surface area contributed by atoms with Crippen molar-refractivity contribution in [3.8, 4) is 34.5 Å². The average Bonchev–Trinajstić information content (AvgIpc) is 3.29. The smallest absolute Gasteiger partial charge is 0.335 e. The molecule has 0 aliphatic carbocycles. The number of hydrogen-bond acceptors (Lipinski definition) is 12. The van der Waals surface area contributed by atoms with Crippen LogP contribution in [0.5, 0.6) is 34.5 Å². The van der Waals surface area contributed by atoms with Crippen LogP contribution in [0.4, 0.5) is 0 Å². The van der Waals surface area contributed by atoms with E-state index in [1.165, 1.54) is 96.3 Å². The Morgan fingerprint density at radius 1 is 0.435 bits per heavy atom. The Morgan fingerprint density at radius 2 is 0.694 bits per heavy atom. The molecule has 0 amide bonds. The SMILES string of the molecule is CC(CO)(CO)CO.CCCCCCOc1ccc(C(=O)O)cc1OC.CCCCCCOc1ccc(C(=O)O)cc1OC.CCCCCCOc1ccc(C(=O)O)cc1OC. The molecule has 62 heavy (non-hydrogen) atoms. The van der Waals surface area contributed by atoms with Crippen LogP contribution in [0.3, 0.4) is 0 Å². The van der Waals surface area contributed by atoms with E-state index in [-0.39, 0.29) is 36.5 Å². The van der Waals surface area contributed by atoms with Crippen molar-refractivity contribution in [2.45, 2.75) is 105 Å². The summed E-state index contributed by atoms with van der Waals surface area (Å²) in [6.45, 7) is 9.43. The first-order valence-corrected chi connectivity index (χ1v) is 21.2. The van der Waals surface area contributed by atoms with Crippen LogP contribution in [-0.2, 0) is 0 Å². The number of carboxylic acids is 3. The molecule has 3 aromatic rings. The van der Waals surface area contributed by atoms with Crippen molar-refractivity contribution in [2.24, 2.45) is 5.41 Å². The van der Waals surface area contributed by atoms with Gasteiger partial charge in [-0.2, -0.15) is 0 Å². The molecule has 350 valence electrons. The molecule has 0 fully saturated rings. The van der Waals surface area contributed by atoms with Crippen LogP contribution in [-0.4, -0.2) is 110 Å². The third-order valence-corrected chi connectivity index (χ3v) is 9.14.